The summed E-state index contributed by atoms with van der Waals surface area (Å²) < 4.78 is 1.72. The van der Waals surface area contributed by atoms with Crippen LogP contribution in [0.25, 0.3) is 16.6 Å². The SMILES string of the molecule is O=C(Nc1cc(Cl)cc(Cl)c1)C(=O)c1c(-c2ccccc2)cc2ccccn12. The van der Waals surface area contributed by atoms with E-state index in [1.165, 1.54) is 12.1 Å². The average molecular weight is 409 g/mol. The number of hydrogen-bond acceptors (Lipinski definition) is 2. The van der Waals surface area contributed by atoms with E-state index >= 15 is 0 Å². The van der Waals surface area contributed by atoms with Crippen LogP contribution in [0.2, 0.25) is 10.0 Å². The topological polar surface area (TPSA) is 50.6 Å². The molecule has 1 N–H and O–H groups in total. The molecule has 0 saturated carbocycles. The Morgan fingerprint density at radius 3 is 2.21 bits per heavy atom. The summed E-state index contributed by atoms with van der Waals surface area (Å²) >= 11 is 11.9. The molecule has 28 heavy (non-hydrogen) atoms. The molecule has 2 aromatic heterocycles. The van der Waals surface area contributed by atoms with Crippen LogP contribution in [-0.2, 0) is 4.79 Å². The molecule has 2 aromatic carbocycles. The smallest absolute Gasteiger partial charge is 0.298 e. The van der Waals surface area contributed by atoms with E-state index in [4.69, 9.17) is 23.2 Å². The number of nitrogens with zero attached hydrogens (tertiary/aromatic N) is 1. The Bertz CT molecular complexity index is 1180. The van der Waals surface area contributed by atoms with Gasteiger partial charge in [0.15, 0.2) is 0 Å². The highest BCUT2D eigenvalue weighted by atomic mass is 35.5. The van der Waals surface area contributed by atoms with Crippen LogP contribution in [0.4, 0.5) is 5.69 Å². The molecular formula is C22H14Cl2N2O2. The van der Waals surface area contributed by atoms with Crippen molar-refractivity contribution in [2.24, 2.45) is 0 Å². The molecular weight excluding hydrogens is 395 g/mol. The van der Waals surface area contributed by atoms with Gasteiger partial charge in [-0.05, 0) is 42.0 Å². The van der Waals surface area contributed by atoms with Gasteiger partial charge in [0.2, 0.25) is 0 Å². The monoisotopic (exact) mass is 408 g/mol. The Morgan fingerprint density at radius 1 is 0.821 bits per heavy atom. The molecule has 4 nitrogen and oxygen atoms in total. The number of fused-ring (bicyclic) bond motifs is 1. The second kappa shape index (κ2) is 7.50. The van der Waals surface area contributed by atoms with Gasteiger partial charge in [-0.15, -0.1) is 0 Å². The lowest BCUT2D eigenvalue weighted by molar-refractivity contribution is -0.112. The maximum atomic E-state index is 13.1. The van der Waals surface area contributed by atoms with Crippen LogP contribution in [0.1, 0.15) is 10.5 Å². The molecule has 0 aliphatic rings. The third-order valence-electron chi connectivity index (χ3n) is 4.31. The van der Waals surface area contributed by atoms with Gasteiger partial charge in [-0.3, -0.25) is 9.59 Å². The molecule has 0 fully saturated rings. The second-order valence-electron chi connectivity index (χ2n) is 6.21. The Kier molecular flexibility index (Phi) is 4.90. The first-order chi connectivity index (χ1) is 13.5. The molecule has 0 atom stereocenters. The number of carbonyl (C=O) groups is 2. The molecule has 4 aromatic rings. The van der Waals surface area contributed by atoms with Crippen molar-refractivity contribution in [3.05, 3.63) is 94.7 Å². The summed E-state index contributed by atoms with van der Waals surface area (Å²) in [6, 6.07) is 21.6. The van der Waals surface area contributed by atoms with Gasteiger partial charge in [0.05, 0.1) is 0 Å². The second-order valence-corrected chi connectivity index (χ2v) is 7.08. The molecule has 0 unspecified atom stereocenters. The van der Waals surface area contributed by atoms with Crippen LogP contribution in [-0.4, -0.2) is 16.1 Å². The van der Waals surface area contributed by atoms with E-state index in [1.54, 1.807) is 16.7 Å². The van der Waals surface area contributed by atoms with Crippen molar-refractivity contribution in [1.29, 1.82) is 0 Å². The van der Waals surface area contributed by atoms with Gasteiger partial charge in [0.25, 0.3) is 11.7 Å². The Labute approximate surface area is 171 Å². The highest BCUT2D eigenvalue weighted by molar-refractivity contribution is 6.47. The number of pyridine rings is 1. The van der Waals surface area contributed by atoms with Crippen molar-refractivity contribution in [3.8, 4) is 11.1 Å². The molecule has 1 amide bonds. The van der Waals surface area contributed by atoms with Crippen LogP contribution in [0, 0.1) is 0 Å². The van der Waals surface area contributed by atoms with Gasteiger partial charge < -0.3 is 9.72 Å². The number of Topliss-reactive ketones (excluding diaryl/α,β-unsaturated/α-hetero) is 1. The number of carbonyl (C=O) groups excluding carboxylic acids is 2. The fraction of sp³-hybridized carbons (Fsp3) is 0. The first-order valence-corrected chi connectivity index (χ1v) is 9.26. The molecule has 0 aliphatic carbocycles. The molecule has 0 radical (unpaired) electrons. The molecule has 138 valence electrons. The molecule has 0 saturated heterocycles. The fourth-order valence-electron chi connectivity index (χ4n) is 3.11. The summed E-state index contributed by atoms with van der Waals surface area (Å²) in [5, 5.41) is 3.32. The Hall–Kier alpha value is -3.08. The van der Waals surface area contributed by atoms with Crippen molar-refractivity contribution in [2.75, 3.05) is 5.32 Å². The van der Waals surface area contributed by atoms with Crippen molar-refractivity contribution in [3.63, 3.8) is 0 Å². The zero-order valence-corrected chi connectivity index (χ0v) is 16.0. The van der Waals surface area contributed by atoms with Gasteiger partial charge in [0.1, 0.15) is 5.69 Å². The molecule has 4 rings (SSSR count). The normalized spacial score (nSPS) is 10.8. The standard InChI is InChI=1S/C22H14Cl2N2O2/c23-15-10-16(24)12-17(11-15)25-22(28)21(27)20-19(14-6-2-1-3-7-14)13-18-8-4-5-9-26(18)20/h1-13H,(H,25,28). The third-order valence-corrected chi connectivity index (χ3v) is 4.74. The van der Waals surface area contributed by atoms with E-state index in [9.17, 15) is 9.59 Å². The minimum absolute atomic E-state index is 0.299. The molecule has 2 heterocycles. The van der Waals surface area contributed by atoms with Gasteiger partial charge in [-0.1, -0.05) is 59.6 Å². The summed E-state index contributed by atoms with van der Waals surface area (Å²) in [6.45, 7) is 0. The number of anilines is 1. The van der Waals surface area contributed by atoms with Crippen LogP contribution in [0.3, 0.4) is 0 Å². The minimum Gasteiger partial charge on any atom is -0.319 e. The van der Waals surface area contributed by atoms with Crippen molar-refractivity contribution >= 4 is 46.1 Å². The van der Waals surface area contributed by atoms with E-state index < -0.39 is 11.7 Å². The summed E-state index contributed by atoms with van der Waals surface area (Å²) in [5.74, 6) is -1.42. The quantitative estimate of drug-likeness (QED) is 0.346. The van der Waals surface area contributed by atoms with E-state index in [2.05, 4.69) is 5.32 Å². The van der Waals surface area contributed by atoms with E-state index in [-0.39, 0.29) is 0 Å². The molecule has 6 heteroatoms. The minimum atomic E-state index is -0.764. The zero-order valence-electron chi connectivity index (χ0n) is 14.5. The largest absolute Gasteiger partial charge is 0.319 e. The maximum Gasteiger partial charge on any atom is 0.298 e. The highest BCUT2D eigenvalue weighted by Crippen LogP contribution is 2.29. The predicted molar refractivity (Wildman–Crippen MR) is 112 cm³/mol. The van der Waals surface area contributed by atoms with Gasteiger partial charge in [-0.25, -0.2) is 0 Å². The van der Waals surface area contributed by atoms with Crippen LogP contribution < -0.4 is 5.32 Å². The average Bonchev–Trinajstić information content (AvgIpc) is 3.06. The lowest BCUT2D eigenvalue weighted by Gasteiger charge is -2.08. The van der Waals surface area contributed by atoms with Crippen molar-refractivity contribution in [1.82, 2.24) is 4.40 Å². The van der Waals surface area contributed by atoms with Crippen LogP contribution >= 0.6 is 23.2 Å². The zero-order chi connectivity index (χ0) is 19.7. The number of amides is 1. The summed E-state index contributed by atoms with van der Waals surface area (Å²) in [7, 11) is 0. The Morgan fingerprint density at radius 2 is 1.50 bits per heavy atom. The van der Waals surface area contributed by atoms with Crippen molar-refractivity contribution < 1.29 is 9.59 Å². The van der Waals surface area contributed by atoms with E-state index in [1.807, 2.05) is 54.6 Å². The van der Waals surface area contributed by atoms with E-state index in [0.717, 1.165) is 11.1 Å². The summed E-state index contributed by atoms with van der Waals surface area (Å²) in [4.78, 5) is 25.8. The molecule has 0 spiro atoms. The predicted octanol–water partition coefficient (Wildman–Crippen LogP) is 5.73. The highest BCUT2D eigenvalue weighted by Gasteiger charge is 2.24. The summed E-state index contributed by atoms with van der Waals surface area (Å²) in [6.07, 6.45) is 1.76. The number of hydrogen-bond donors (Lipinski definition) is 1. The maximum absolute atomic E-state index is 13.1. The molecule has 0 aliphatic heterocycles. The van der Waals surface area contributed by atoms with Crippen LogP contribution in [0.15, 0.2) is 79.0 Å². The number of rotatable bonds is 4. The number of aromatic nitrogens is 1. The first kappa shape index (κ1) is 18.3. The van der Waals surface area contributed by atoms with Gasteiger partial charge in [-0.2, -0.15) is 0 Å². The number of benzene rings is 2. The third kappa shape index (κ3) is 3.52. The first-order valence-electron chi connectivity index (χ1n) is 8.50. The number of nitrogens with one attached hydrogen (secondary N) is 1. The van der Waals surface area contributed by atoms with Gasteiger partial charge >= 0.3 is 0 Å². The lowest BCUT2D eigenvalue weighted by Crippen LogP contribution is -2.24. The summed E-state index contributed by atoms with van der Waals surface area (Å²) in [5.41, 5.74) is 3.03. The van der Waals surface area contributed by atoms with Crippen molar-refractivity contribution in [2.45, 2.75) is 0 Å². The Balaban J connectivity index is 1.77. The number of halogens is 2. The van der Waals surface area contributed by atoms with E-state index in [0.29, 0.717) is 27.0 Å². The molecule has 0 bridgehead atoms. The number of ketones is 1. The fourth-order valence-corrected chi connectivity index (χ4v) is 3.64. The van der Waals surface area contributed by atoms with Crippen LogP contribution in [0.5, 0.6) is 0 Å². The van der Waals surface area contributed by atoms with Gasteiger partial charge in [0, 0.05) is 33.0 Å². The lowest BCUT2D eigenvalue weighted by atomic mass is 10.0.